The first-order valence-electron chi connectivity index (χ1n) is 8.28. The van der Waals surface area contributed by atoms with Crippen LogP contribution in [0.4, 0.5) is 0 Å². The second-order valence-electron chi connectivity index (χ2n) is 6.28. The number of nitrogens with zero attached hydrogens (tertiary/aromatic N) is 1. The second-order valence-corrected chi connectivity index (χ2v) is 6.28. The summed E-state index contributed by atoms with van der Waals surface area (Å²) in [7, 11) is 2.20. The molecule has 0 aliphatic carbocycles. The average molecular weight is 290 g/mol. The third-order valence-electron chi connectivity index (χ3n) is 4.39. The van der Waals surface area contributed by atoms with Gasteiger partial charge in [0.15, 0.2) is 0 Å². The van der Waals surface area contributed by atoms with E-state index >= 15 is 0 Å². The van der Waals surface area contributed by atoms with Crippen LogP contribution in [0.3, 0.4) is 0 Å². The summed E-state index contributed by atoms with van der Waals surface area (Å²) in [6, 6.07) is 9.71. The predicted molar refractivity (Wildman–Crippen MR) is 88.7 cm³/mol. The molecule has 3 heteroatoms. The summed E-state index contributed by atoms with van der Waals surface area (Å²) in [5, 5.41) is 3.50. The standard InChI is InChI=1S/C18H30N2O/c1-4-10-19-12-15(2)17-7-5-16(6-8-17)13-20(3)18-9-11-21-14-18/h5-8,15,18-19H,4,9-14H2,1-3H3. The fourth-order valence-electron chi connectivity index (χ4n) is 2.85. The molecule has 1 aromatic carbocycles. The molecule has 3 nitrogen and oxygen atoms in total. The Morgan fingerprint density at radius 1 is 1.33 bits per heavy atom. The molecule has 1 N–H and O–H groups in total. The summed E-state index contributed by atoms with van der Waals surface area (Å²) in [4.78, 5) is 2.41. The highest BCUT2D eigenvalue weighted by molar-refractivity contribution is 5.25. The number of nitrogens with one attached hydrogen (secondary N) is 1. The number of hydrogen-bond donors (Lipinski definition) is 1. The molecule has 0 saturated carbocycles. The lowest BCUT2D eigenvalue weighted by molar-refractivity contribution is 0.156. The van der Waals surface area contributed by atoms with E-state index in [2.05, 4.69) is 55.4 Å². The maximum Gasteiger partial charge on any atom is 0.0622 e. The van der Waals surface area contributed by atoms with Crippen LogP contribution >= 0.6 is 0 Å². The van der Waals surface area contributed by atoms with Gasteiger partial charge in [0.1, 0.15) is 0 Å². The first-order valence-corrected chi connectivity index (χ1v) is 8.28. The lowest BCUT2D eigenvalue weighted by atomic mass is 9.99. The van der Waals surface area contributed by atoms with Crippen molar-refractivity contribution in [3.63, 3.8) is 0 Å². The molecule has 0 amide bonds. The van der Waals surface area contributed by atoms with E-state index in [1.54, 1.807) is 0 Å². The van der Waals surface area contributed by atoms with Crippen molar-refractivity contribution < 1.29 is 4.74 Å². The van der Waals surface area contributed by atoms with Gasteiger partial charge in [-0.3, -0.25) is 4.90 Å². The molecule has 0 radical (unpaired) electrons. The zero-order valence-electron chi connectivity index (χ0n) is 13.8. The van der Waals surface area contributed by atoms with E-state index in [1.165, 1.54) is 17.5 Å². The summed E-state index contributed by atoms with van der Waals surface area (Å²) in [6.45, 7) is 9.48. The quantitative estimate of drug-likeness (QED) is 0.745. The lowest BCUT2D eigenvalue weighted by Crippen LogP contribution is -2.31. The molecule has 2 unspecified atom stereocenters. The lowest BCUT2D eigenvalue weighted by Gasteiger charge is -2.23. The van der Waals surface area contributed by atoms with Crippen molar-refractivity contribution in [1.82, 2.24) is 10.2 Å². The minimum Gasteiger partial charge on any atom is -0.380 e. The first-order chi connectivity index (χ1) is 10.2. The summed E-state index contributed by atoms with van der Waals surface area (Å²) >= 11 is 0. The van der Waals surface area contributed by atoms with E-state index in [0.717, 1.165) is 39.3 Å². The van der Waals surface area contributed by atoms with Crippen LogP contribution in [0, 0.1) is 0 Å². The van der Waals surface area contributed by atoms with Gasteiger partial charge in [-0.1, -0.05) is 38.1 Å². The fraction of sp³-hybridized carbons (Fsp3) is 0.667. The number of benzene rings is 1. The molecule has 1 aromatic rings. The largest absolute Gasteiger partial charge is 0.380 e. The van der Waals surface area contributed by atoms with Gasteiger partial charge in [0.25, 0.3) is 0 Å². The van der Waals surface area contributed by atoms with Gasteiger partial charge < -0.3 is 10.1 Å². The SMILES string of the molecule is CCCNCC(C)c1ccc(CN(C)C2CCOC2)cc1. The number of ether oxygens (including phenoxy) is 1. The summed E-state index contributed by atoms with van der Waals surface area (Å²) in [6.07, 6.45) is 2.36. The molecule has 0 aromatic heterocycles. The molecular formula is C18H30N2O. The third kappa shape index (κ3) is 5.10. The minimum absolute atomic E-state index is 0.576. The van der Waals surface area contributed by atoms with Crippen molar-refractivity contribution in [3.05, 3.63) is 35.4 Å². The van der Waals surface area contributed by atoms with E-state index in [4.69, 9.17) is 4.74 Å². The fourth-order valence-corrected chi connectivity index (χ4v) is 2.85. The maximum atomic E-state index is 5.46. The van der Waals surface area contributed by atoms with Gasteiger partial charge in [-0.2, -0.15) is 0 Å². The van der Waals surface area contributed by atoms with Crippen LogP contribution in [0.2, 0.25) is 0 Å². The third-order valence-corrected chi connectivity index (χ3v) is 4.39. The van der Waals surface area contributed by atoms with Crippen molar-refractivity contribution in [2.75, 3.05) is 33.4 Å². The number of likely N-dealkylation sites (N-methyl/N-ethyl adjacent to an activating group) is 1. The molecular weight excluding hydrogens is 260 g/mol. The molecule has 21 heavy (non-hydrogen) atoms. The van der Waals surface area contributed by atoms with Gasteiger partial charge in [-0.15, -0.1) is 0 Å². The second kappa shape index (κ2) is 8.52. The molecule has 2 atom stereocenters. The van der Waals surface area contributed by atoms with Crippen LogP contribution in [-0.4, -0.2) is 44.3 Å². The van der Waals surface area contributed by atoms with E-state index in [9.17, 15) is 0 Å². The van der Waals surface area contributed by atoms with Gasteiger partial charge in [0.2, 0.25) is 0 Å². The predicted octanol–water partition coefficient (Wildman–Crippen LogP) is 3.01. The Labute approximate surface area is 129 Å². The summed E-state index contributed by atoms with van der Waals surface area (Å²) in [5.41, 5.74) is 2.82. The molecule has 0 bridgehead atoms. The molecule has 1 saturated heterocycles. The monoisotopic (exact) mass is 290 g/mol. The van der Waals surface area contributed by atoms with Crippen molar-refractivity contribution in [3.8, 4) is 0 Å². The zero-order chi connectivity index (χ0) is 15.1. The summed E-state index contributed by atoms with van der Waals surface area (Å²) < 4.78 is 5.46. The van der Waals surface area contributed by atoms with Gasteiger partial charge in [0, 0.05) is 25.7 Å². The van der Waals surface area contributed by atoms with E-state index in [0.29, 0.717) is 12.0 Å². The smallest absolute Gasteiger partial charge is 0.0622 e. The van der Waals surface area contributed by atoms with E-state index in [-0.39, 0.29) is 0 Å². The number of hydrogen-bond acceptors (Lipinski definition) is 3. The van der Waals surface area contributed by atoms with Gasteiger partial charge in [-0.25, -0.2) is 0 Å². The Bertz CT molecular complexity index is 398. The maximum absolute atomic E-state index is 5.46. The van der Waals surface area contributed by atoms with Gasteiger partial charge >= 0.3 is 0 Å². The van der Waals surface area contributed by atoms with Gasteiger partial charge in [-0.05, 0) is 43.5 Å². The highest BCUT2D eigenvalue weighted by Crippen LogP contribution is 2.18. The molecule has 118 valence electrons. The Hall–Kier alpha value is -0.900. The van der Waals surface area contributed by atoms with Crippen LogP contribution < -0.4 is 5.32 Å². The Kier molecular flexibility index (Phi) is 6.68. The average Bonchev–Trinajstić information content (AvgIpc) is 3.02. The topological polar surface area (TPSA) is 24.5 Å². The highest BCUT2D eigenvalue weighted by Gasteiger charge is 2.20. The molecule has 0 spiro atoms. The molecule has 1 fully saturated rings. The normalized spacial score (nSPS) is 20.1. The van der Waals surface area contributed by atoms with E-state index < -0.39 is 0 Å². The van der Waals surface area contributed by atoms with Crippen molar-refractivity contribution >= 4 is 0 Å². The Morgan fingerprint density at radius 3 is 2.71 bits per heavy atom. The van der Waals surface area contributed by atoms with Crippen molar-refractivity contribution in [2.24, 2.45) is 0 Å². The van der Waals surface area contributed by atoms with Crippen LogP contribution in [0.15, 0.2) is 24.3 Å². The number of rotatable bonds is 8. The Morgan fingerprint density at radius 2 is 2.10 bits per heavy atom. The Balaban J connectivity index is 1.83. The summed E-state index contributed by atoms with van der Waals surface area (Å²) in [5.74, 6) is 0.576. The van der Waals surface area contributed by atoms with Gasteiger partial charge in [0.05, 0.1) is 6.61 Å². The first kappa shape index (κ1) is 16.5. The van der Waals surface area contributed by atoms with Crippen LogP contribution in [0.25, 0.3) is 0 Å². The van der Waals surface area contributed by atoms with Crippen molar-refractivity contribution in [1.29, 1.82) is 0 Å². The zero-order valence-corrected chi connectivity index (χ0v) is 13.8. The molecule has 1 aliphatic rings. The van der Waals surface area contributed by atoms with E-state index in [1.807, 2.05) is 0 Å². The molecule has 1 heterocycles. The molecule has 1 aliphatic heterocycles. The van der Waals surface area contributed by atoms with Crippen molar-refractivity contribution in [2.45, 2.75) is 45.2 Å². The van der Waals surface area contributed by atoms with Crippen LogP contribution in [0.5, 0.6) is 0 Å². The minimum atomic E-state index is 0.576. The van der Waals surface area contributed by atoms with Crippen LogP contribution in [0.1, 0.15) is 43.7 Å². The highest BCUT2D eigenvalue weighted by atomic mass is 16.5. The van der Waals surface area contributed by atoms with Crippen LogP contribution in [-0.2, 0) is 11.3 Å². The molecule has 2 rings (SSSR count).